The van der Waals surface area contributed by atoms with Crippen LogP contribution >= 0.6 is 23.4 Å². The first kappa shape index (κ1) is 28.5. The van der Waals surface area contributed by atoms with Gasteiger partial charge in [-0.25, -0.2) is 13.8 Å². The van der Waals surface area contributed by atoms with E-state index in [1.54, 1.807) is 54.7 Å². The van der Waals surface area contributed by atoms with Crippen LogP contribution < -0.4 is 9.73 Å². The second-order valence-electron chi connectivity index (χ2n) is 8.95. The lowest BCUT2D eigenvalue weighted by molar-refractivity contribution is -0.119. The molecule has 0 fully saturated rings. The Morgan fingerprint density at radius 3 is 2.26 bits per heavy atom. The molecule has 10 heteroatoms. The maximum absolute atomic E-state index is 13.6. The summed E-state index contributed by atoms with van der Waals surface area (Å²) in [7, 11) is -4.01. The fourth-order valence-electron chi connectivity index (χ4n) is 4.15. The molecule has 0 aliphatic rings. The third-order valence-electron chi connectivity index (χ3n) is 6.20. The third-order valence-corrected chi connectivity index (χ3v) is 8.99. The Hall–Kier alpha value is -3.53. The first-order valence-electron chi connectivity index (χ1n) is 12.1. The number of aryl methyl sites for hydroxylation is 2. The van der Waals surface area contributed by atoms with Crippen LogP contribution in [0.25, 0.3) is 5.69 Å². The molecule has 3 aromatic carbocycles. The topological polar surface area (TPSA) is 83.8 Å². The normalized spacial score (nSPS) is 11.6. The largest absolute Gasteiger partial charge is 0.318 e. The minimum atomic E-state index is -4.01. The van der Waals surface area contributed by atoms with Crippen LogP contribution in [-0.4, -0.2) is 37.9 Å². The molecule has 1 aromatic heterocycles. The highest BCUT2D eigenvalue weighted by atomic mass is 35.5. The predicted molar refractivity (Wildman–Crippen MR) is 160 cm³/mol. The zero-order chi connectivity index (χ0) is 28.2. The molecule has 39 heavy (non-hydrogen) atoms. The number of anilines is 1. The van der Waals surface area contributed by atoms with Crippen molar-refractivity contribution < 1.29 is 13.2 Å². The Kier molecular flexibility index (Phi) is 8.84. The third kappa shape index (κ3) is 6.55. The van der Waals surface area contributed by atoms with Gasteiger partial charge in [-0.15, -0.1) is 11.8 Å². The number of thioether (sulfide) groups is 1. The zero-order valence-electron chi connectivity index (χ0n) is 22.1. The Bertz CT molecular complexity index is 1600. The van der Waals surface area contributed by atoms with Crippen molar-refractivity contribution in [2.45, 2.75) is 30.6 Å². The lowest BCUT2D eigenvalue weighted by Gasteiger charge is -2.24. The van der Waals surface area contributed by atoms with Gasteiger partial charge in [0.15, 0.2) is 0 Å². The summed E-state index contributed by atoms with van der Waals surface area (Å²) >= 11 is 7.55. The number of rotatable bonds is 9. The number of carbonyl (C=O) groups is 1. The summed E-state index contributed by atoms with van der Waals surface area (Å²) < 4.78 is 30.3. The number of carbonyl (C=O) groups excluding carboxylic acids is 1. The van der Waals surface area contributed by atoms with Gasteiger partial charge in [0.25, 0.3) is 15.9 Å². The van der Waals surface area contributed by atoms with E-state index in [2.05, 4.69) is 15.1 Å². The van der Waals surface area contributed by atoms with Crippen molar-refractivity contribution in [2.24, 2.45) is 5.10 Å². The summed E-state index contributed by atoms with van der Waals surface area (Å²) in [6.45, 7) is 5.41. The van der Waals surface area contributed by atoms with Crippen molar-refractivity contribution in [1.82, 2.24) is 9.99 Å². The second kappa shape index (κ2) is 12.1. The summed E-state index contributed by atoms with van der Waals surface area (Å²) in [6.07, 6.45) is 3.47. The minimum absolute atomic E-state index is 0.104. The number of amides is 1. The van der Waals surface area contributed by atoms with Crippen molar-refractivity contribution >= 4 is 51.2 Å². The summed E-state index contributed by atoms with van der Waals surface area (Å²) in [5.41, 5.74) is 7.56. The van der Waals surface area contributed by atoms with Crippen LogP contribution in [0.5, 0.6) is 0 Å². The molecule has 0 bridgehead atoms. The van der Waals surface area contributed by atoms with Gasteiger partial charge in [0.2, 0.25) is 0 Å². The minimum Gasteiger partial charge on any atom is -0.318 e. The molecular formula is C29H29ClN4O3S2. The number of hydrazone groups is 1. The van der Waals surface area contributed by atoms with Crippen molar-refractivity contribution in [2.75, 3.05) is 17.1 Å². The van der Waals surface area contributed by atoms with Gasteiger partial charge in [-0.2, -0.15) is 5.10 Å². The molecule has 0 aliphatic heterocycles. The fraction of sp³-hybridized carbons (Fsp3) is 0.172. The van der Waals surface area contributed by atoms with Gasteiger partial charge < -0.3 is 4.57 Å². The highest BCUT2D eigenvalue weighted by molar-refractivity contribution is 7.98. The highest BCUT2D eigenvalue weighted by Crippen LogP contribution is 2.26. The standard InChI is InChI=1S/C29H29ClN4O3S2/c1-20-5-9-25(10-6-20)33(39(36,37)28-15-13-27(38-4)14-16-28)19-29(35)32-31-18-23-17-21(2)34(22(23)3)26-11-7-24(30)8-12-26/h5-18H,19H2,1-4H3,(H,32,35)/b31-18-. The predicted octanol–water partition coefficient (Wildman–Crippen LogP) is 6.12. The van der Waals surface area contributed by atoms with Crippen LogP contribution in [-0.2, 0) is 14.8 Å². The number of halogens is 1. The first-order chi connectivity index (χ1) is 18.6. The van der Waals surface area contributed by atoms with Crippen LogP contribution in [0, 0.1) is 20.8 Å². The quantitative estimate of drug-likeness (QED) is 0.147. The summed E-state index contributed by atoms with van der Waals surface area (Å²) in [4.78, 5) is 14.0. The van der Waals surface area contributed by atoms with Gasteiger partial charge >= 0.3 is 0 Å². The zero-order valence-corrected chi connectivity index (χ0v) is 24.4. The number of sulfonamides is 1. The van der Waals surface area contributed by atoms with Crippen molar-refractivity contribution in [3.05, 3.63) is 106 Å². The number of nitrogens with zero attached hydrogens (tertiary/aromatic N) is 3. The van der Waals surface area contributed by atoms with E-state index in [9.17, 15) is 13.2 Å². The molecule has 1 amide bonds. The lowest BCUT2D eigenvalue weighted by Crippen LogP contribution is -2.39. The molecule has 0 saturated heterocycles. The van der Waals surface area contributed by atoms with Crippen LogP contribution in [0.15, 0.2) is 93.8 Å². The average Bonchev–Trinajstić information content (AvgIpc) is 3.21. The van der Waals surface area contributed by atoms with Crippen LogP contribution in [0.3, 0.4) is 0 Å². The van der Waals surface area contributed by atoms with E-state index in [1.165, 1.54) is 11.8 Å². The van der Waals surface area contributed by atoms with Gasteiger partial charge in [0.1, 0.15) is 6.54 Å². The highest BCUT2D eigenvalue weighted by Gasteiger charge is 2.27. The van der Waals surface area contributed by atoms with Crippen LogP contribution in [0.2, 0.25) is 5.02 Å². The van der Waals surface area contributed by atoms with E-state index >= 15 is 0 Å². The van der Waals surface area contributed by atoms with Gasteiger partial charge in [-0.05, 0) is 93.8 Å². The van der Waals surface area contributed by atoms with Crippen molar-refractivity contribution in [1.29, 1.82) is 0 Å². The smallest absolute Gasteiger partial charge is 0.264 e. The molecule has 7 nitrogen and oxygen atoms in total. The summed E-state index contributed by atoms with van der Waals surface area (Å²) in [5, 5.41) is 4.78. The molecule has 0 spiro atoms. The maximum Gasteiger partial charge on any atom is 0.264 e. The van der Waals surface area contributed by atoms with Gasteiger partial charge in [-0.1, -0.05) is 29.3 Å². The van der Waals surface area contributed by atoms with Gasteiger partial charge in [0.05, 0.1) is 16.8 Å². The van der Waals surface area contributed by atoms with Gasteiger partial charge in [0, 0.05) is 32.6 Å². The molecule has 202 valence electrons. The molecule has 4 aromatic rings. The fourth-order valence-corrected chi connectivity index (χ4v) is 6.10. The Morgan fingerprint density at radius 1 is 1.00 bits per heavy atom. The van der Waals surface area contributed by atoms with E-state index in [4.69, 9.17) is 11.6 Å². The van der Waals surface area contributed by atoms with Crippen molar-refractivity contribution in [3.8, 4) is 5.69 Å². The van der Waals surface area contributed by atoms with E-state index in [-0.39, 0.29) is 4.90 Å². The Labute approximate surface area is 238 Å². The molecule has 0 aliphatic carbocycles. The summed E-state index contributed by atoms with van der Waals surface area (Å²) in [6, 6.07) is 23.1. The lowest BCUT2D eigenvalue weighted by atomic mass is 10.2. The first-order valence-corrected chi connectivity index (χ1v) is 15.1. The number of hydrogen-bond donors (Lipinski definition) is 1. The number of benzene rings is 3. The molecule has 0 unspecified atom stereocenters. The van der Waals surface area contributed by atoms with Crippen LogP contribution in [0.1, 0.15) is 22.5 Å². The summed E-state index contributed by atoms with van der Waals surface area (Å²) in [5.74, 6) is -0.567. The SMILES string of the molecule is CSc1ccc(S(=O)(=O)N(CC(=O)N/N=C\c2cc(C)n(-c3ccc(Cl)cc3)c2C)c2ccc(C)cc2)cc1. The van der Waals surface area contributed by atoms with Crippen molar-refractivity contribution in [3.63, 3.8) is 0 Å². The molecule has 0 radical (unpaired) electrons. The van der Waals surface area contributed by atoms with E-state index in [0.29, 0.717) is 10.7 Å². The van der Waals surface area contributed by atoms with E-state index in [1.807, 2.05) is 57.4 Å². The molecule has 4 rings (SSSR count). The monoisotopic (exact) mass is 580 g/mol. The molecule has 0 saturated carbocycles. The van der Waals surface area contributed by atoms with E-state index < -0.39 is 22.5 Å². The number of hydrogen-bond acceptors (Lipinski definition) is 5. The number of nitrogens with one attached hydrogen (secondary N) is 1. The second-order valence-corrected chi connectivity index (χ2v) is 12.1. The van der Waals surface area contributed by atoms with Crippen LogP contribution in [0.4, 0.5) is 5.69 Å². The molecular weight excluding hydrogens is 552 g/mol. The van der Waals surface area contributed by atoms with E-state index in [0.717, 1.165) is 37.4 Å². The Balaban J connectivity index is 1.54. The molecule has 1 N–H and O–H groups in total. The Morgan fingerprint density at radius 2 is 1.64 bits per heavy atom. The number of aromatic nitrogens is 1. The molecule has 1 heterocycles. The maximum atomic E-state index is 13.6. The average molecular weight is 581 g/mol. The van der Waals surface area contributed by atoms with Gasteiger partial charge in [-0.3, -0.25) is 9.10 Å². The molecule has 0 atom stereocenters.